The van der Waals surface area contributed by atoms with Crippen molar-refractivity contribution < 1.29 is 14.6 Å². The van der Waals surface area contributed by atoms with Crippen LogP contribution in [0.4, 0.5) is 0 Å². The minimum atomic E-state index is -0.591. The van der Waals surface area contributed by atoms with Crippen molar-refractivity contribution in [1.82, 2.24) is 0 Å². The standard InChI is InChI=1S/C22H35BrO3/c1-21-9-7-16-15-8-10-22(25,13-26-2)11-14(15)3-4-17(16)18(21)5-6-19(21)20(24)12-23/h14-19,25H,3-13H2,1-2H3/t14?,15?,16-,17?,18+,19-,21?,22+/m1/s1. The lowest BCUT2D eigenvalue weighted by Gasteiger charge is -2.57. The zero-order valence-electron chi connectivity index (χ0n) is 16.4. The predicted molar refractivity (Wildman–Crippen MR) is 106 cm³/mol. The van der Waals surface area contributed by atoms with E-state index in [0.717, 1.165) is 42.9 Å². The third-order valence-corrected chi connectivity index (χ3v) is 9.59. The van der Waals surface area contributed by atoms with Crippen molar-refractivity contribution in [3.8, 4) is 0 Å². The molecule has 4 aliphatic carbocycles. The molecule has 0 spiro atoms. The van der Waals surface area contributed by atoms with Gasteiger partial charge < -0.3 is 9.84 Å². The van der Waals surface area contributed by atoms with Gasteiger partial charge in [-0.3, -0.25) is 4.79 Å². The van der Waals surface area contributed by atoms with Crippen LogP contribution in [0.2, 0.25) is 0 Å². The molecule has 0 aromatic carbocycles. The molecule has 3 nitrogen and oxygen atoms in total. The van der Waals surface area contributed by atoms with Gasteiger partial charge in [-0.2, -0.15) is 0 Å². The summed E-state index contributed by atoms with van der Waals surface area (Å²) in [7, 11) is 1.70. The molecule has 4 fully saturated rings. The Labute approximate surface area is 166 Å². The highest BCUT2D eigenvalue weighted by molar-refractivity contribution is 9.09. The number of carbonyl (C=O) groups is 1. The first-order chi connectivity index (χ1) is 12.4. The van der Waals surface area contributed by atoms with E-state index in [1.807, 2.05) is 0 Å². The van der Waals surface area contributed by atoms with Crippen LogP contribution in [0.3, 0.4) is 0 Å². The number of aliphatic hydroxyl groups is 1. The van der Waals surface area contributed by atoms with Gasteiger partial charge >= 0.3 is 0 Å². The number of alkyl halides is 1. The van der Waals surface area contributed by atoms with Gasteiger partial charge in [0, 0.05) is 13.0 Å². The molecule has 4 saturated carbocycles. The van der Waals surface area contributed by atoms with Crippen LogP contribution < -0.4 is 0 Å². The van der Waals surface area contributed by atoms with Crippen molar-refractivity contribution in [2.45, 2.75) is 70.3 Å². The Balaban J connectivity index is 1.50. The van der Waals surface area contributed by atoms with Crippen molar-refractivity contribution in [1.29, 1.82) is 0 Å². The number of carbonyl (C=O) groups excluding carboxylic acids is 1. The van der Waals surface area contributed by atoms with Crippen LogP contribution in [0.15, 0.2) is 0 Å². The molecule has 26 heavy (non-hydrogen) atoms. The van der Waals surface area contributed by atoms with E-state index in [1.54, 1.807) is 7.11 Å². The maximum Gasteiger partial charge on any atom is 0.147 e. The molecule has 4 heteroatoms. The van der Waals surface area contributed by atoms with Gasteiger partial charge in [-0.15, -0.1) is 0 Å². The number of hydrogen-bond donors (Lipinski definition) is 1. The van der Waals surface area contributed by atoms with Crippen LogP contribution in [0, 0.1) is 40.9 Å². The van der Waals surface area contributed by atoms with Crippen LogP contribution >= 0.6 is 15.9 Å². The first-order valence-corrected chi connectivity index (χ1v) is 11.8. The molecule has 0 bridgehead atoms. The number of fused-ring (bicyclic) bond motifs is 5. The van der Waals surface area contributed by atoms with Crippen LogP contribution in [-0.4, -0.2) is 35.5 Å². The van der Waals surface area contributed by atoms with E-state index in [9.17, 15) is 9.90 Å². The first kappa shape index (κ1) is 19.4. The van der Waals surface area contributed by atoms with Gasteiger partial charge in [0.05, 0.1) is 17.5 Å². The lowest BCUT2D eigenvalue weighted by atomic mass is 9.49. The number of Topliss-reactive ketones (excluding diaryl/α,β-unsaturated/α-hetero) is 1. The van der Waals surface area contributed by atoms with E-state index in [1.165, 1.54) is 38.5 Å². The Morgan fingerprint density at radius 3 is 2.58 bits per heavy atom. The van der Waals surface area contributed by atoms with Crippen molar-refractivity contribution in [3.63, 3.8) is 0 Å². The highest BCUT2D eigenvalue weighted by Gasteiger charge is 2.58. The monoisotopic (exact) mass is 426 g/mol. The molecule has 0 aliphatic heterocycles. The van der Waals surface area contributed by atoms with Crippen LogP contribution in [0.5, 0.6) is 0 Å². The molecular weight excluding hydrogens is 392 g/mol. The van der Waals surface area contributed by atoms with E-state index in [0.29, 0.717) is 23.6 Å². The van der Waals surface area contributed by atoms with Gasteiger partial charge in [0.1, 0.15) is 5.78 Å². The first-order valence-electron chi connectivity index (χ1n) is 10.7. The van der Waals surface area contributed by atoms with Gasteiger partial charge in [-0.05, 0) is 92.8 Å². The fourth-order valence-electron chi connectivity index (χ4n) is 7.98. The highest BCUT2D eigenvalue weighted by Crippen LogP contribution is 2.64. The summed E-state index contributed by atoms with van der Waals surface area (Å²) < 4.78 is 5.30. The maximum absolute atomic E-state index is 12.5. The van der Waals surface area contributed by atoms with Crippen molar-refractivity contribution in [3.05, 3.63) is 0 Å². The topological polar surface area (TPSA) is 46.5 Å². The van der Waals surface area contributed by atoms with Gasteiger partial charge in [-0.25, -0.2) is 0 Å². The number of hydrogen-bond acceptors (Lipinski definition) is 3. The second kappa shape index (κ2) is 7.15. The molecule has 4 aliphatic rings. The third kappa shape index (κ3) is 3.03. The van der Waals surface area contributed by atoms with Gasteiger partial charge in [0.2, 0.25) is 0 Å². The number of ether oxygens (including phenoxy) is 1. The maximum atomic E-state index is 12.5. The van der Waals surface area contributed by atoms with E-state index < -0.39 is 5.60 Å². The molecular formula is C22H35BrO3. The molecule has 0 aromatic heterocycles. The van der Waals surface area contributed by atoms with Gasteiger partial charge in [0.25, 0.3) is 0 Å². The second-order valence-corrected chi connectivity index (χ2v) is 10.7. The summed E-state index contributed by atoms with van der Waals surface area (Å²) in [6.07, 6.45) is 10.5. The van der Waals surface area contributed by atoms with Gasteiger partial charge in [-0.1, -0.05) is 22.9 Å². The molecule has 4 unspecified atom stereocenters. The Kier molecular flexibility index (Phi) is 5.33. The Bertz CT molecular complexity index is 552. The molecule has 1 N–H and O–H groups in total. The molecule has 4 rings (SSSR count). The number of ketones is 1. The Morgan fingerprint density at radius 2 is 1.85 bits per heavy atom. The molecule has 0 heterocycles. The van der Waals surface area contributed by atoms with E-state index in [2.05, 4.69) is 22.9 Å². The zero-order chi connectivity index (χ0) is 18.5. The molecule has 0 aromatic rings. The van der Waals surface area contributed by atoms with E-state index in [-0.39, 0.29) is 11.3 Å². The van der Waals surface area contributed by atoms with Crippen LogP contribution in [0.1, 0.15) is 64.7 Å². The van der Waals surface area contributed by atoms with Gasteiger partial charge in [0.15, 0.2) is 0 Å². The Morgan fingerprint density at radius 1 is 1.08 bits per heavy atom. The van der Waals surface area contributed by atoms with E-state index in [4.69, 9.17) is 4.74 Å². The normalized spacial score (nSPS) is 50.6. The predicted octanol–water partition coefficient (Wildman–Crippen LogP) is 4.60. The SMILES string of the molecule is COC[C@]1(O)CCC2C(CCC3[C@@H]2CCC2(C)[C@@H](C(=O)CBr)CC[C@@H]32)C1. The van der Waals surface area contributed by atoms with Crippen LogP contribution in [-0.2, 0) is 9.53 Å². The molecule has 8 atom stereocenters. The van der Waals surface area contributed by atoms with E-state index >= 15 is 0 Å². The zero-order valence-corrected chi connectivity index (χ0v) is 18.0. The number of rotatable bonds is 4. The summed E-state index contributed by atoms with van der Waals surface area (Å²) in [5, 5.41) is 11.4. The highest BCUT2D eigenvalue weighted by atomic mass is 79.9. The van der Waals surface area contributed by atoms with Crippen molar-refractivity contribution >= 4 is 21.7 Å². The molecule has 0 saturated heterocycles. The smallest absolute Gasteiger partial charge is 0.147 e. The average Bonchev–Trinajstić information content (AvgIpc) is 2.98. The fourth-order valence-corrected chi connectivity index (χ4v) is 8.38. The molecule has 0 amide bonds. The lowest BCUT2D eigenvalue weighted by Crippen LogP contribution is -2.52. The average molecular weight is 427 g/mol. The van der Waals surface area contributed by atoms with Crippen molar-refractivity contribution in [2.24, 2.45) is 40.9 Å². The summed E-state index contributed by atoms with van der Waals surface area (Å²) in [5.41, 5.74) is -0.350. The summed E-state index contributed by atoms with van der Waals surface area (Å²) >= 11 is 3.42. The van der Waals surface area contributed by atoms with Crippen molar-refractivity contribution in [2.75, 3.05) is 19.0 Å². The Hall–Kier alpha value is 0.0700. The summed E-state index contributed by atoms with van der Waals surface area (Å²) in [5.74, 6) is 4.58. The summed E-state index contributed by atoms with van der Waals surface area (Å²) in [6.45, 7) is 2.91. The number of methoxy groups -OCH3 is 1. The minimum absolute atomic E-state index is 0.240. The number of halogens is 1. The second-order valence-electron chi connectivity index (χ2n) is 10.1. The summed E-state index contributed by atoms with van der Waals surface area (Å²) in [4.78, 5) is 12.5. The van der Waals surface area contributed by atoms with Crippen LogP contribution in [0.25, 0.3) is 0 Å². The fraction of sp³-hybridized carbons (Fsp3) is 0.955. The molecule has 148 valence electrons. The lowest BCUT2D eigenvalue weighted by molar-refractivity contribution is -0.134. The largest absolute Gasteiger partial charge is 0.387 e. The quantitative estimate of drug-likeness (QED) is 0.668. The third-order valence-electron chi connectivity index (χ3n) is 9.04. The summed E-state index contributed by atoms with van der Waals surface area (Å²) in [6, 6.07) is 0. The molecule has 0 radical (unpaired) electrons. The minimum Gasteiger partial charge on any atom is -0.387 e.